The number of hydrogen-bond donors (Lipinski definition) is 2. The number of methoxy groups -OCH3 is 1. The van der Waals surface area contributed by atoms with E-state index in [0.717, 1.165) is 55.2 Å². The number of aromatic nitrogens is 2. The van der Waals surface area contributed by atoms with Gasteiger partial charge in [0.2, 0.25) is 0 Å². The lowest BCUT2D eigenvalue weighted by molar-refractivity contribution is -0.141. The van der Waals surface area contributed by atoms with Crippen molar-refractivity contribution in [3.05, 3.63) is 53.9 Å². The SMILES string of the molecule is COc1ccc2[nH]cc(CNC3CCC4CN(c5cccc(C(F)(F)F)n5)CC43)c2c1. The standard InChI is InChI=1S/C23H25F3N4O/c1-31-16-6-8-19-17(9-16)15(10-27-19)11-28-20-7-5-14-12-30(13-18(14)20)22-4-2-3-21(29-22)23(24,25)26/h2-4,6,8-10,14,18,20,27-28H,5,7,11-13H2,1H3. The zero-order valence-corrected chi connectivity index (χ0v) is 17.2. The van der Waals surface area contributed by atoms with Crippen LogP contribution >= 0.6 is 0 Å². The second-order valence-electron chi connectivity index (χ2n) is 8.50. The molecule has 2 aromatic heterocycles. The van der Waals surface area contributed by atoms with E-state index in [-0.39, 0.29) is 0 Å². The molecule has 8 heteroatoms. The summed E-state index contributed by atoms with van der Waals surface area (Å²) in [5, 5.41) is 4.85. The number of nitrogens with zero attached hydrogens (tertiary/aromatic N) is 2. The molecular formula is C23H25F3N4O. The van der Waals surface area contributed by atoms with Crippen molar-refractivity contribution in [3.63, 3.8) is 0 Å². The Hall–Kier alpha value is -2.74. The molecule has 3 aromatic rings. The van der Waals surface area contributed by atoms with Gasteiger partial charge in [-0.2, -0.15) is 13.2 Å². The number of pyridine rings is 1. The number of hydrogen-bond acceptors (Lipinski definition) is 4. The van der Waals surface area contributed by atoms with Gasteiger partial charge in [-0.3, -0.25) is 0 Å². The summed E-state index contributed by atoms with van der Waals surface area (Å²) in [4.78, 5) is 9.19. The molecule has 164 valence electrons. The van der Waals surface area contributed by atoms with Crippen molar-refractivity contribution in [2.45, 2.75) is 31.6 Å². The number of nitrogens with one attached hydrogen (secondary N) is 2. The van der Waals surface area contributed by atoms with E-state index < -0.39 is 11.9 Å². The predicted molar refractivity (Wildman–Crippen MR) is 113 cm³/mol. The molecule has 5 rings (SSSR count). The van der Waals surface area contributed by atoms with Gasteiger partial charge >= 0.3 is 6.18 Å². The average molecular weight is 430 g/mol. The molecule has 0 radical (unpaired) electrons. The van der Waals surface area contributed by atoms with E-state index >= 15 is 0 Å². The van der Waals surface area contributed by atoms with Gasteiger partial charge in [-0.15, -0.1) is 0 Å². The number of alkyl halides is 3. The van der Waals surface area contributed by atoms with Gasteiger partial charge in [0.1, 0.15) is 17.3 Å². The Morgan fingerprint density at radius 1 is 1.19 bits per heavy atom. The number of halogens is 3. The van der Waals surface area contributed by atoms with Crippen LogP contribution in [0.4, 0.5) is 19.0 Å². The van der Waals surface area contributed by atoms with Crippen LogP contribution in [-0.2, 0) is 12.7 Å². The molecule has 2 aliphatic rings. The van der Waals surface area contributed by atoms with Gasteiger partial charge in [0, 0.05) is 42.8 Å². The van der Waals surface area contributed by atoms with E-state index in [0.29, 0.717) is 23.7 Å². The molecule has 0 bridgehead atoms. The van der Waals surface area contributed by atoms with E-state index in [2.05, 4.69) is 15.3 Å². The lowest BCUT2D eigenvalue weighted by Gasteiger charge is -2.23. The van der Waals surface area contributed by atoms with Crippen molar-refractivity contribution in [2.24, 2.45) is 11.8 Å². The topological polar surface area (TPSA) is 53.2 Å². The minimum atomic E-state index is -4.42. The van der Waals surface area contributed by atoms with Gasteiger partial charge in [0.15, 0.2) is 0 Å². The largest absolute Gasteiger partial charge is 0.497 e. The minimum Gasteiger partial charge on any atom is -0.497 e. The zero-order valence-electron chi connectivity index (χ0n) is 17.2. The highest BCUT2D eigenvalue weighted by atomic mass is 19.4. The van der Waals surface area contributed by atoms with Crippen LogP contribution in [-0.4, -0.2) is 36.2 Å². The maximum Gasteiger partial charge on any atom is 0.433 e. The first kappa shape index (κ1) is 20.2. The maximum absolute atomic E-state index is 13.0. The van der Waals surface area contributed by atoms with Gasteiger partial charge < -0.3 is 19.9 Å². The third kappa shape index (κ3) is 3.84. The van der Waals surface area contributed by atoms with Crippen LogP contribution < -0.4 is 15.0 Å². The Morgan fingerprint density at radius 3 is 2.87 bits per heavy atom. The van der Waals surface area contributed by atoms with Crippen molar-refractivity contribution in [1.82, 2.24) is 15.3 Å². The summed E-state index contributed by atoms with van der Waals surface area (Å²) in [6, 6.07) is 10.5. The molecule has 1 saturated carbocycles. The number of benzene rings is 1. The Morgan fingerprint density at radius 2 is 2.06 bits per heavy atom. The fraction of sp³-hybridized carbons (Fsp3) is 0.435. The number of anilines is 1. The second kappa shape index (κ2) is 7.75. The van der Waals surface area contributed by atoms with Gasteiger partial charge in [-0.25, -0.2) is 4.98 Å². The monoisotopic (exact) mass is 430 g/mol. The van der Waals surface area contributed by atoms with Crippen LogP contribution in [0, 0.1) is 11.8 Å². The highest BCUT2D eigenvalue weighted by molar-refractivity contribution is 5.84. The highest BCUT2D eigenvalue weighted by Gasteiger charge is 2.43. The van der Waals surface area contributed by atoms with Crippen LogP contribution in [0.1, 0.15) is 24.1 Å². The van der Waals surface area contributed by atoms with Gasteiger partial charge in [-0.1, -0.05) is 6.07 Å². The fourth-order valence-corrected chi connectivity index (χ4v) is 5.13. The summed E-state index contributed by atoms with van der Waals surface area (Å²) in [6.07, 6.45) is -0.223. The van der Waals surface area contributed by atoms with Crippen molar-refractivity contribution in [1.29, 1.82) is 0 Å². The molecule has 3 atom stereocenters. The van der Waals surface area contributed by atoms with Crippen LogP contribution in [0.5, 0.6) is 5.75 Å². The second-order valence-corrected chi connectivity index (χ2v) is 8.50. The molecule has 1 saturated heterocycles. The van der Waals surface area contributed by atoms with E-state index in [4.69, 9.17) is 4.74 Å². The molecule has 1 aromatic carbocycles. The lowest BCUT2D eigenvalue weighted by atomic mass is 9.97. The van der Waals surface area contributed by atoms with E-state index in [9.17, 15) is 13.2 Å². The smallest absolute Gasteiger partial charge is 0.433 e. The first-order valence-corrected chi connectivity index (χ1v) is 10.6. The number of rotatable bonds is 5. The molecule has 1 aliphatic heterocycles. The molecule has 5 nitrogen and oxygen atoms in total. The Labute approximate surface area is 178 Å². The van der Waals surface area contributed by atoms with Crippen LogP contribution in [0.3, 0.4) is 0 Å². The third-order valence-corrected chi connectivity index (χ3v) is 6.74. The minimum absolute atomic E-state index is 0.344. The predicted octanol–water partition coefficient (Wildman–Crippen LogP) is 4.59. The first-order chi connectivity index (χ1) is 14.9. The summed E-state index contributed by atoms with van der Waals surface area (Å²) in [5.41, 5.74) is 1.43. The molecular weight excluding hydrogens is 405 g/mol. The van der Waals surface area contributed by atoms with Crippen LogP contribution in [0.25, 0.3) is 10.9 Å². The van der Waals surface area contributed by atoms with Gasteiger partial charge in [0.05, 0.1) is 7.11 Å². The van der Waals surface area contributed by atoms with Crippen molar-refractivity contribution in [3.8, 4) is 5.75 Å². The Bertz CT molecular complexity index is 1080. The number of aromatic amines is 1. The molecule has 31 heavy (non-hydrogen) atoms. The maximum atomic E-state index is 13.0. The normalized spacial score (nSPS) is 23.5. The number of H-pyrrole nitrogens is 1. The van der Waals surface area contributed by atoms with Crippen LogP contribution in [0.15, 0.2) is 42.6 Å². The lowest BCUT2D eigenvalue weighted by Crippen LogP contribution is -2.35. The van der Waals surface area contributed by atoms with Crippen LogP contribution in [0.2, 0.25) is 0 Å². The summed E-state index contributed by atoms with van der Waals surface area (Å²) in [6.45, 7) is 2.24. The summed E-state index contributed by atoms with van der Waals surface area (Å²) in [5.74, 6) is 2.15. The van der Waals surface area contributed by atoms with Gasteiger partial charge in [-0.05, 0) is 60.6 Å². The molecule has 0 amide bonds. The van der Waals surface area contributed by atoms with Crippen molar-refractivity contribution in [2.75, 3.05) is 25.1 Å². The third-order valence-electron chi connectivity index (χ3n) is 6.74. The van der Waals surface area contributed by atoms with E-state index in [1.165, 1.54) is 11.6 Å². The Balaban J connectivity index is 1.27. The molecule has 3 unspecified atom stereocenters. The highest BCUT2D eigenvalue weighted by Crippen LogP contribution is 2.40. The summed E-state index contributed by atoms with van der Waals surface area (Å²) >= 11 is 0. The van der Waals surface area contributed by atoms with Gasteiger partial charge in [0.25, 0.3) is 0 Å². The molecule has 3 heterocycles. The number of fused-ring (bicyclic) bond motifs is 2. The van der Waals surface area contributed by atoms with E-state index in [1.807, 2.05) is 29.3 Å². The Kier molecular flexibility index (Phi) is 5.04. The van der Waals surface area contributed by atoms with Crippen molar-refractivity contribution < 1.29 is 17.9 Å². The number of ether oxygens (including phenoxy) is 1. The summed E-state index contributed by atoms with van der Waals surface area (Å²) in [7, 11) is 1.66. The van der Waals surface area contributed by atoms with Crippen molar-refractivity contribution >= 4 is 16.7 Å². The molecule has 0 spiro atoms. The first-order valence-electron chi connectivity index (χ1n) is 10.6. The zero-order chi connectivity index (χ0) is 21.6. The summed E-state index contributed by atoms with van der Waals surface area (Å²) < 4.78 is 44.5. The van der Waals surface area contributed by atoms with E-state index in [1.54, 1.807) is 13.2 Å². The quantitative estimate of drug-likeness (QED) is 0.622. The molecule has 2 N–H and O–H groups in total. The average Bonchev–Trinajstić information content (AvgIpc) is 3.46. The molecule has 2 fully saturated rings. The fourth-order valence-electron chi connectivity index (χ4n) is 5.13. The molecule has 1 aliphatic carbocycles.